The molecular weight excluding hydrogens is 242 g/mol. The number of carboxylic acids is 1. The summed E-state index contributed by atoms with van der Waals surface area (Å²) in [6.45, 7) is 1.50. The second kappa shape index (κ2) is 5.97. The van der Waals surface area contributed by atoms with Gasteiger partial charge in [-0.1, -0.05) is 0 Å². The molecule has 0 spiro atoms. The van der Waals surface area contributed by atoms with Gasteiger partial charge in [-0.25, -0.2) is 4.79 Å². The molecule has 0 saturated heterocycles. The summed E-state index contributed by atoms with van der Waals surface area (Å²) in [4.78, 5) is 20.9. The number of rotatable bonds is 6. The van der Waals surface area contributed by atoms with Crippen LogP contribution in [0, 0.1) is 17.0 Å². The SMILES string of the molecule is COCC(Oc1ccc([N+](=O)[O-])cc1C)C(=O)O. The van der Waals surface area contributed by atoms with Gasteiger partial charge in [0.2, 0.25) is 6.10 Å². The molecule has 1 unspecified atom stereocenters. The maximum atomic E-state index is 10.9. The molecule has 98 valence electrons. The van der Waals surface area contributed by atoms with E-state index in [1.54, 1.807) is 6.92 Å². The quantitative estimate of drug-likeness (QED) is 0.609. The lowest BCUT2D eigenvalue weighted by Crippen LogP contribution is -2.31. The van der Waals surface area contributed by atoms with Crippen molar-refractivity contribution in [1.82, 2.24) is 0 Å². The number of carboxylic acid groups (broad SMARTS) is 1. The third-order valence-electron chi connectivity index (χ3n) is 2.23. The van der Waals surface area contributed by atoms with E-state index in [0.29, 0.717) is 5.56 Å². The monoisotopic (exact) mass is 255 g/mol. The Balaban J connectivity index is 2.90. The van der Waals surface area contributed by atoms with Crippen LogP contribution in [-0.2, 0) is 9.53 Å². The summed E-state index contributed by atoms with van der Waals surface area (Å²) < 4.78 is 9.96. The van der Waals surface area contributed by atoms with Crippen molar-refractivity contribution in [2.45, 2.75) is 13.0 Å². The Morgan fingerprint density at radius 1 is 1.56 bits per heavy atom. The molecule has 1 rings (SSSR count). The highest BCUT2D eigenvalue weighted by Crippen LogP contribution is 2.24. The van der Waals surface area contributed by atoms with Crippen molar-refractivity contribution in [3.05, 3.63) is 33.9 Å². The van der Waals surface area contributed by atoms with Crippen LogP contribution in [0.4, 0.5) is 5.69 Å². The van der Waals surface area contributed by atoms with Gasteiger partial charge in [-0.2, -0.15) is 0 Å². The molecule has 0 aliphatic heterocycles. The van der Waals surface area contributed by atoms with Crippen LogP contribution in [0.2, 0.25) is 0 Å². The van der Waals surface area contributed by atoms with E-state index in [0.717, 1.165) is 0 Å². The zero-order valence-electron chi connectivity index (χ0n) is 9.95. The Bertz CT molecular complexity index is 459. The predicted octanol–water partition coefficient (Wildman–Crippen LogP) is 1.38. The Morgan fingerprint density at radius 2 is 2.22 bits per heavy atom. The fraction of sp³-hybridized carbons (Fsp3) is 0.364. The molecule has 0 heterocycles. The number of nitro benzene ring substituents is 1. The zero-order chi connectivity index (χ0) is 13.7. The summed E-state index contributed by atoms with van der Waals surface area (Å²) in [6.07, 6.45) is -1.14. The Hall–Kier alpha value is -2.15. The molecule has 0 bridgehead atoms. The number of methoxy groups -OCH3 is 1. The predicted molar refractivity (Wildman–Crippen MR) is 61.8 cm³/mol. The number of hydrogen-bond donors (Lipinski definition) is 1. The first-order chi connectivity index (χ1) is 8.45. The summed E-state index contributed by atoms with van der Waals surface area (Å²) in [6, 6.07) is 3.95. The molecule has 0 radical (unpaired) electrons. The van der Waals surface area contributed by atoms with E-state index < -0.39 is 17.0 Å². The van der Waals surface area contributed by atoms with Crippen LogP contribution in [0.25, 0.3) is 0 Å². The molecule has 0 amide bonds. The van der Waals surface area contributed by atoms with Crippen molar-refractivity contribution in [1.29, 1.82) is 0 Å². The van der Waals surface area contributed by atoms with E-state index in [1.165, 1.54) is 25.3 Å². The van der Waals surface area contributed by atoms with Crippen molar-refractivity contribution in [2.24, 2.45) is 0 Å². The highest BCUT2D eigenvalue weighted by Gasteiger charge is 2.20. The van der Waals surface area contributed by atoms with Crippen LogP contribution in [0.1, 0.15) is 5.56 Å². The normalized spacial score (nSPS) is 11.9. The average molecular weight is 255 g/mol. The van der Waals surface area contributed by atoms with Gasteiger partial charge in [-0.05, 0) is 18.6 Å². The molecule has 1 atom stereocenters. The lowest BCUT2D eigenvalue weighted by atomic mass is 10.2. The Kier molecular flexibility index (Phi) is 4.61. The molecule has 0 aliphatic carbocycles. The second-order valence-corrected chi connectivity index (χ2v) is 3.61. The average Bonchev–Trinajstić information content (AvgIpc) is 2.30. The fourth-order valence-electron chi connectivity index (χ4n) is 1.34. The van der Waals surface area contributed by atoms with Crippen LogP contribution in [0.15, 0.2) is 18.2 Å². The van der Waals surface area contributed by atoms with E-state index >= 15 is 0 Å². The van der Waals surface area contributed by atoms with Gasteiger partial charge in [0.15, 0.2) is 0 Å². The van der Waals surface area contributed by atoms with E-state index in [-0.39, 0.29) is 18.0 Å². The van der Waals surface area contributed by atoms with E-state index in [4.69, 9.17) is 14.6 Å². The van der Waals surface area contributed by atoms with Crippen LogP contribution >= 0.6 is 0 Å². The van der Waals surface area contributed by atoms with Crippen molar-refractivity contribution in [3.63, 3.8) is 0 Å². The van der Waals surface area contributed by atoms with Crippen molar-refractivity contribution >= 4 is 11.7 Å². The summed E-state index contributed by atoms with van der Waals surface area (Å²) in [7, 11) is 1.36. The first-order valence-electron chi connectivity index (χ1n) is 5.09. The molecule has 18 heavy (non-hydrogen) atoms. The van der Waals surface area contributed by atoms with Gasteiger partial charge >= 0.3 is 5.97 Å². The first-order valence-corrected chi connectivity index (χ1v) is 5.09. The lowest BCUT2D eigenvalue weighted by molar-refractivity contribution is -0.384. The highest BCUT2D eigenvalue weighted by molar-refractivity contribution is 5.73. The van der Waals surface area contributed by atoms with Gasteiger partial charge in [0.05, 0.1) is 11.5 Å². The molecule has 0 saturated carbocycles. The molecule has 0 aliphatic rings. The molecule has 7 heteroatoms. The minimum atomic E-state index is -1.16. The smallest absolute Gasteiger partial charge is 0.347 e. The number of carbonyl (C=O) groups is 1. The van der Waals surface area contributed by atoms with E-state index in [9.17, 15) is 14.9 Å². The van der Waals surface area contributed by atoms with E-state index in [1.807, 2.05) is 0 Å². The van der Waals surface area contributed by atoms with E-state index in [2.05, 4.69) is 0 Å². The number of nitro groups is 1. The van der Waals surface area contributed by atoms with Crippen molar-refractivity contribution < 1.29 is 24.3 Å². The number of ether oxygens (including phenoxy) is 2. The lowest BCUT2D eigenvalue weighted by Gasteiger charge is -2.15. The highest BCUT2D eigenvalue weighted by atomic mass is 16.6. The van der Waals surface area contributed by atoms with Crippen LogP contribution in [0.5, 0.6) is 5.75 Å². The second-order valence-electron chi connectivity index (χ2n) is 3.61. The number of non-ortho nitro benzene ring substituents is 1. The number of hydrogen-bond acceptors (Lipinski definition) is 5. The molecule has 0 fully saturated rings. The number of nitrogens with zero attached hydrogens (tertiary/aromatic N) is 1. The number of benzene rings is 1. The summed E-state index contributed by atoms with van der Waals surface area (Å²) in [5, 5.41) is 19.4. The van der Waals surface area contributed by atoms with Gasteiger partial charge in [0.25, 0.3) is 5.69 Å². The van der Waals surface area contributed by atoms with Crippen LogP contribution in [0.3, 0.4) is 0 Å². The minimum absolute atomic E-state index is 0.0709. The summed E-state index contributed by atoms with van der Waals surface area (Å²) >= 11 is 0. The van der Waals surface area contributed by atoms with Gasteiger partial charge in [0, 0.05) is 19.2 Å². The topological polar surface area (TPSA) is 98.9 Å². The van der Waals surface area contributed by atoms with Gasteiger partial charge < -0.3 is 14.6 Å². The Labute approximate surface area is 103 Å². The molecule has 1 aromatic rings. The largest absolute Gasteiger partial charge is 0.478 e. The Morgan fingerprint density at radius 3 is 2.67 bits per heavy atom. The molecule has 0 aromatic heterocycles. The standard InChI is InChI=1S/C11H13NO6/c1-7-5-8(12(15)16)3-4-9(7)18-10(6-17-2)11(13)14/h3-5,10H,6H2,1-2H3,(H,13,14). The first kappa shape index (κ1) is 13.9. The molecule has 1 aromatic carbocycles. The maximum Gasteiger partial charge on any atom is 0.347 e. The molecule has 1 N–H and O–H groups in total. The fourth-order valence-corrected chi connectivity index (χ4v) is 1.34. The summed E-state index contributed by atoms with van der Waals surface area (Å²) in [5.74, 6) is -0.875. The maximum absolute atomic E-state index is 10.9. The molecular formula is C11H13NO6. The van der Waals surface area contributed by atoms with Crippen LogP contribution in [-0.4, -0.2) is 35.8 Å². The molecule has 7 nitrogen and oxygen atoms in total. The van der Waals surface area contributed by atoms with Gasteiger partial charge in [-0.3, -0.25) is 10.1 Å². The third-order valence-corrected chi connectivity index (χ3v) is 2.23. The van der Waals surface area contributed by atoms with Crippen molar-refractivity contribution in [2.75, 3.05) is 13.7 Å². The van der Waals surface area contributed by atoms with Crippen molar-refractivity contribution in [3.8, 4) is 5.75 Å². The van der Waals surface area contributed by atoms with Gasteiger partial charge in [0.1, 0.15) is 5.75 Å². The number of aryl methyl sites for hydroxylation is 1. The minimum Gasteiger partial charge on any atom is -0.478 e. The van der Waals surface area contributed by atoms with Gasteiger partial charge in [-0.15, -0.1) is 0 Å². The zero-order valence-corrected chi connectivity index (χ0v) is 9.95. The number of aliphatic carboxylic acids is 1. The summed E-state index contributed by atoms with van der Waals surface area (Å²) in [5.41, 5.74) is 0.421. The third kappa shape index (κ3) is 3.42. The van der Waals surface area contributed by atoms with Crippen LogP contribution < -0.4 is 4.74 Å².